The van der Waals surface area contributed by atoms with Crippen LogP contribution in [0.2, 0.25) is 5.02 Å². The fourth-order valence-electron chi connectivity index (χ4n) is 2.62. The van der Waals surface area contributed by atoms with Crippen LogP contribution in [0.4, 0.5) is 5.69 Å². The van der Waals surface area contributed by atoms with Crippen molar-refractivity contribution in [2.24, 2.45) is 5.10 Å². The maximum Gasteiger partial charge on any atom is 0.273 e. The quantitative estimate of drug-likeness (QED) is 0.195. The molecule has 0 atom stereocenters. The molecule has 3 aromatic carbocycles. The molecule has 0 aliphatic rings. The van der Waals surface area contributed by atoms with Crippen LogP contribution in [0.1, 0.15) is 21.5 Å². The number of methoxy groups -OCH3 is 1. The van der Waals surface area contributed by atoms with Crippen LogP contribution in [0.25, 0.3) is 0 Å². The minimum absolute atomic E-state index is 0.368. The van der Waals surface area contributed by atoms with Gasteiger partial charge in [-0.3, -0.25) is 4.79 Å². The smallest absolute Gasteiger partial charge is 0.273 e. The van der Waals surface area contributed by atoms with Gasteiger partial charge >= 0.3 is 0 Å². The van der Waals surface area contributed by atoms with Gasteiger partial charge in [-0.15, -0.1) is 0 Å². The highest BCUT2D eigenvalue weighted by atomic mass is 127. The summed E-state index contributed by atoms with van der Waals surface area (Å²) in [6.07, 6.45) is 1.53. The summed E-state index contributed by atoms with van der Waals surface area (Å²) < 4.78 is 12.3. The molecule has 0 aromatic heterocycles. The summed E-state index contributed by atoms with van der Waals surface area (Å²) >= 11 is 8.09. The van der Waals surface area contributed by atoms with E-state index in [1.807, 2.05) is 30.3 Å². The molecular weight excluding hydrogens is 517 g/mol. The number of carbonyl (C=O) groups excluding carboxylic acids is 1. The molecule has 8 heteroatoms. The Morgan fingerprint density at radius 3 is 2.63 bits per heavy atom. The van der Waals surface area contributed by atoms with Crippen LogP contribution in [0.3, 0.4) is 0 Å². The van der Waals surface area contributed by atoms with Gasteiger partial charge in [0.1, 0.15) is 6.61 Å². The Bertz CT molecular complexity index is 1070. The number of amides is 1. The fraction of sp³-hybridized carbons (Fsp3) is 0.0909. The summed E-state index contributed by atoms with van der Waals surface area (Å²) in [5, 5.41) is 4.69. The molecule has 0 fully saturated rings. The van der Waals surface area contributed by atoms with Crippen LogP contribution in [0.5, 0.6) is 11.5 Å². The van der Waals surface area contributed by atoms with Gasteiger partial charge in [0.05, 0.1) is 22.5 Å². The molecular formula is C22H19ClIN3O3. The molecule has 6 nitrogen and oxygen atoms in total. The van der Waals surface area contributed by atoms with Crippen molar-refractivity contribution in [1.82, 2.24) is 5.43 Å². The number of benzene rings is 3. The van der Waals surface area contributed by atoms with Crippen LogP contribution in [0.15, 0.2) is 65.8 Å². The summed E-state index contributed by atoms with van der Waals surface area (Å²) in [5.41, 5.74) is 10.8. The Morgan fingerprint density at radius 1 is 1.20 bits per heavy atom. The van der Waals surface area contributed by atoms with Crippen molar-refractivity contribution < 1.29 is 14.3 Å². The zero-order chi connectivity index (χ0) is 21.5. The number of hydrazone groups is 1. The van der Waals surface area contributed by atoms with Crippen molar-refractivity contribution in [3.05, 3.63) is 85.9 Å². The number of carbonyl (C=O) groups is 1. The van der Waals surface area contributed by atoms with Crippen LogP contribution in [-0.4, -0.2) is 19.2 Å². The van der Waals surface area contributed by atoms with Gasteiger partial charge in [0.2, 0.25) is 0 Å². The second kappa shape index (κ2) is 10.3. The van der Waals surface area contributed by atoms with Gasteiger partial charge in [-0.2, -0.15) is 5.10 Å². The lowest BCUT2D eigenvalue weighted by Gasteiger charge is -2.13. The first kappa shape index (κ1) is 21.9. The van der Waals surface area contributed by atoms with Gasteiger partial charge in [-0.1, -0.05) is 35.9 Å². The van der Waals surface area contributed by atoms with E-state index in [2.05, 4.69) is 33.1 Å². The molecule has 0 heterocycles. The topological polar surface area (TPSA) is 85.9 Å². The number of nitrogens with one attached hydrogen (secondary N) is 1. The van der Waals surface area contributed by atoms with E-state index in [4.69, 9.17) is 26.8 Å². The SMILES string of the molecule is COc1cc(/C=N\NC(=O)c2ccccc2N)cc(I)c1OCc1ccc(Cl)cc1. The molecule has 0 spiro atoms. The highest BCUT2D eigenvalue weighted by Gasteiger charge is 2.12. The first-order chi connectivity index (χ1) is 14.5. The first-order valence-electron chi connectivity index (χ1n) is 8.90. The van der Waals surface area contributed by atoms with E-state index in [1.54, 1.807) is 37.4 Å². The van der Waals surface area contributed by atoms with Crippen LogP contribution >= 0.6 is 34.2 Å². The maximum atomic E-state index is 12.2. The molecule has 0 aliphatic carbocycles. The van der Waals surface area contributed by atoms with E-state index in [1.165, 1.54) is 6.21 Å². The number of rotatable bonds is 7. The number of nitrogens with zero attached hydrogens (tertiary/aromatic N) is 1. The highest BCUT2D eigenvalue weighted by molar-refractivity contribution is 14.1. The van der Waals surface area contributed by atoms with Gasteiger partial charge in [0.15, 0.2) is 11.5 Å². The van der Waals surface area contributed by atoms with Crippen molar-refractivity contribution in [1.29, 1.82) is 0 Å². The van der Waals surface area contributed by atoms with E-state index in [-0.39, 0.29) is 5.91 Å². The van der Waals surface area contributed by atoms with E-state index in [0.717, 1.165) is 14.7 Å². The van der Waals surface area contributed by atoms with Crippen LogP contribution < -0.4 is 20.6 Å². The molecule has 0 unspecified atom stereocenters. The second-order valence-electron chi connectivity index (χ2n) is 6.24. The normalized spacial score (nSPS) is 10.8. The summed E-state index contributed by atoms with van der Waals surface area (Å²) in [5.74, 6) is 0.816. The molecule has 0 saturated heterocycles. The van der Waals surface area contributed by atoms with E-state index in [9.17, 15) is 4.79 Å². The number of halogens is 2. The Morgan fingerprint density at radius 2 is 1.93 bits per heavy atom. The molecule has 0 aliphatic heterocycles. The van der Waals surface area contributed by atoms with Gasteiger partial charge in [-0.05, 0) is 70.1 Å². The Kier molecular flexibility index (Phi) is 7.53. The number of ether oxygens (including phenoxy) is 2. The molecule has 3 rings (SSSR count). The predicted octanol–water partition coefficient (Wildman–Crippen LogP) is 4.88. The number of anilines is 1. The van der Waals surface area contributed by atoms with E-state index < -0.39 is 0 Å². The van der Waals surface area contributed by atoms with Crippen molar-refractivity contribution in [3.8, 4) is 11.5 Å². The zero-order valence-electron chi connectivity index (χ0n) is 16.1. The molecule has 0 bridgehead atoms. The van der Waals surface area contributed by atoms with Crippen molar-refractivity contribution >= 4 is 52.0 Å². The van der Waals surface area contributed by atoms with E-state index >= 15 is 0 Å². The molecule has 3 N–H and O–H groups in total. The lowest BCUT2D eigenvalue weighted by Crippen LogP contribution is -2.19. The number of nitrogens with two attached hydrogens (primary N) is 1. The average Bonchev–Trinajstić information content (AvgIpc) is 2.74. The third-order valence-corrected chi connectivity index (χ3v) is 5.19. The van der Waals surface area contributed by atoms with Crippen LogP contribution in [-0.2, 0) is 6.61 Å². The monoisotopic (exact) mass is 535 g/mol. The minimum atomic E-state index is -0.381. The third-order valence-electron chi connectivity index (χ3n) is 4.13. The summed E-state index contributed by atoms with van der Waals surface area (Å²) in [6, 6.07) is 17.9. The third kappa shape index (κ3) is 5.64. The first-order valence-corrected chi connectivity index (χ1v) is 10.4. The zero-order valence-corrected chi connectivity index (χ0v) is 19.0. The number of hydrogen-bond acceptors (Lipinski definition) is 5. The largest absolute Gasteiger partial charge is 0.493 e. The number of nitrogen functional groups attached to an aromatic ring is 1. The Balaban J connectivity index is 1.70. The fourth-order valence-corrected chi connectivity index (χ4v) is 3.53. The average molecular weight is 536 g/mol. The molecule has 154 valence electrons. The van der Waals surface area contributed by atoms with Crippen molar-refractivity contribution in [2.45, 2.75) is 6.61 Å². The lowest BCUT2D eigenvalue weighted by atomic mass is 10.2. The highest BCUT2D eigenvalue weighted by Crippen LogP contribution is 2.34. The molecule has 0 saturated carbocycles. The molecule has 3 aromatic rings. The van der Waals surface area contributed by atoms with Gasteiger partial charge in [-0.25, -0.2) is 5.43 Å². The summed E-state index contributed by atoms with van der Waals surface area (Å²) in [4.78, 5) is 12.2. The molecule has 0 radical (unpaired) electrons. The Labute approximate surface area is 193 Å². The van der Waals surface area contributed by atoms with Crippen molar-refractivity contribution in [2.75, 3.05) is 12.8 Å². The van der Waals surface area contributed by atoms with E-state index in [0.29, 0.717) is 34.4 Å². The standard InChI is InChI=1S/C22H19ClIN3O3/c1-29-20-11-15(12-26-27-22(28)17-4-2-3-5-19(17)25)10-18(24)21(20)30-13-14-6-8-16(23)9-7-14/h2-12H,13,25H2,1H3,(H,27,28)/b26-12-. The minimum Gasteiger partial charge on any atom is -0.493 e. The Hall–Kier alpha value is -2.78. The van der Waals surface area contributed by atoms with Gasteiger partial charge in [0.25, 0.3) is 5.91 Å². The van der Waals surface area contributed by atoms with Crippen molar-refractivity contribution in [3.63, 3.8) is 0 Å². The maximum absolute atomic E-state index is 12.2. The lowest BCUT2D eigenvalue weighted by molar-refractivity contribution is 0.0956. The number of hydrogen-bond donors (Lipinski definition) is 2. The predicted molar refractivity (Wildman–Crippen MR) is 127 cm³/mol. The molecule has 1 amide bonds. The van der Waals surface area contributed by atoms with Gasteiger partial charge in [0, 0.05) is 10.7 Å². The van der Waals surface area contributed by atoms with Crippen LogP contribution in [0, 0.1) is 3.57 Å². The number of para-hydroxylation sites is 1. The van der Waals surface area contributed by atoms with Gasteiger partial charge < -0.3 is 15.2 Å². The summed E-state index contributed by atoms with van der Waals surface area (Å²) in [7, 11) is 1.57. The second-order valence-corrected chi connectivity index (χ2v) is 7.83. The molecule has 30 heavy (non-hydrogen) atoms. The summed E-state index contributed by atoms with van der Waals surface area (Å²) in [6.45, 7) is 0.380.